The van der Waals surface area contributed by atoms with Crippen molar-refractivity contribution in [2.45, 2.75) is 6.54 Å². The Bertz CT molecular complexity index is 453. The maximum Gasteiger partial charge on any atom is 0.228 e. The second-order valence-corrected chi connectivity index (χ2v) is 4.78. The number of hydrogen-bond donors (Lipinski definition) is 1. The number of halogens is 1. The van der Waals surface area contributed by atoms with Crippen molar-refractivity contribution in [3.05, 3.63) is 27.3 Å². The second-order valence-electron chi connectivity index (χ2n) is 3.25. The summed E-state index contributed by atoms with van der Waals surface area (Å²) in [5.41, 5.74) is 8.45. The molecule has 5 nitrogen and oxygen atoms in total. The van der Waals surface area contributed by atoms with Gasteiger partial charge in [-0.15, -0.1) is 11.3 Å². The molecule has 0 aromatic carbocycles. The fourth-order valence-electron chi connectivity index (χ4n) is 1.22. The standard InChI is InChI=1S/C9H10BrN5S/c1-15(3-6-4-16-5-12-6)9-13-7(10)2-8(11)14-9/h2,4-5H,3H2,1H3,(H2,11,13,14). The molecule has 0 aliphatic rings. The van der Waals surface area contributed by atoms with Crippen molar-refractivity contribution in [3.63, 3.8) is 0 Å². The third-order valence-corrected chi connectivity index (χ3v) is 2.97. The zero-order chi connectivity index (χ0) is 11.5. The summed E-state index contributed by atoms with van der Waals surface area (Å²) in [6.07, 6.45) is 0. The molecule has 2 aromatic rings. The van der Waals surface area contributed by atoms with Crippen LogP contribution in [0.25, 0.3) is 0 Å². The smallest absolute Gasteiger partial charge is 0.228 e. The third-order valence-electron chi connectivity index (χ3n) is 1.93. The zero-order valence-electron chi connectivity index (χ0n) is 8.59. The maximum atomic E-state index is 5.65. The van der Waals surface area contributed by atoms with Gasteiger partial charge in [0.05, 0.1) is 17.7 Å². The third kappa shape index (κ3) is 2.67. The Morgan fingerprint density at radius 1 is 1.50 bits per heavy atom. The Morgan fingerprint density at radius 3 is 2.94 bits per heavy atom. The lowest BCUT2D eigenvalue weighted by Gasteiger charge is -2.15. The van der Waals surface area contributed by atoms with E-state index in [4.69, 9.17) is 5.73 Å². The lowest BCUT2D eigenvalue weighted by Crippen LogP contribution is -2.19. The molecule has 0 unspecified atom stereocenters. The summed E-state index contributed by atoms with van der Waals surface area (Å²) in [6, 6.07) is 1.67. The topological polar surface area (TPSA) is 67.9 Å². The molecule has 2 heterocycles. The Morgan fingerprint density at radius 2 is 2.31 bits per heavy atom. The minimum Gasteiger partial charge on any atom is -0.383 e. The van der Waals surface area contributed by atoms with Crippen molar-refractivity contribution in [1.82, 2.24) is 15.0 Å². The number of rotatable bonds is 3. The van der Waals surface area contributed by atoms with Crippen molar-refractivity contribution < 1.29 is 0 Å². The SMILES string of the molecule is CN(Cc1cscn1)c1nc(N)cc(Br)n1. The molecule has 0 atom stereocenters. The van der Waals surface area contributed by atoms with E-state index >= 15 is 0 Å². The molecule has 0 spiro atoms. The predicted molar refractivity (Wildman–Crippen MR) is 68.4 cm³/mol. The quantitative estimate of drug-likeness (QED) is 0.877. The van der Waals surface area contributed by atoms with Crippen molar-refractivity contribution in [3.8, 4) is 0 Å². The minimum absolute atomic E-state index is 0.446. The van der Waals surface area contributed by atoms with Crippen LogP contribution in [0, 0.1) is 0 Å². The van der Waals surface area contributed by atoms with Crippen LogP contribution in [0.4, 0.5) is 11.8 Å². The van der Waals surface area contributed by atoms with E-state index in [0.717, 1.165) is 5.69 Å². The van der Waals surface area contributed by atoms with Crippen molar-refractivity contribution in [2.24, 2.45) is 0 Å². The monoisotopic (exact) mass is 299 g/mol. The molecule has 7 heteroatoms. The number of nitrogens with zero attached hydrogens (tertiary/aromatic N) is 4. The lowest BCUT2D eigenvalue weighted by atomic mass is 10.4. The summed E-state index contributed by atoms with van der Waals surface area (Å²) in [5, 5.41) is 2.00. The molecule has 2 aromatic heterocycles. The van der Waals surface area contributed by atoms with Gasteiger partial charge in [0, 0.05) is 18.5 Å². The summed E-state index contributed by atoms with van der Waals surface area (Å²) in [6.45, 7) is 0.666. The first kappa shape index (κ1) is 11.3. The van der Waals surface area contributed by atoms with Gasteiger partial charge in [0.2, 0.25) is 5.95 Å². The van der Waals surface area contributed by atoms with Crippen molar-refractivity contribution >= 4 is 39.0 Å². The lowest BCUT2D eigenvalue weighted by molar-refractivity contribution is 0.846. The second kappa shape index (κ2) is 4.75. The van der Waals surface area contributed by atoms with Gasteiger partial charge >= 0.3 is 0 Å². The van der Waals surface area contributed by atoms with Gasteiger partial charge in [-0.1, -0.05) is 0 Å². The number of hydrogen-bond acceptors (Lipinski definition) is 6. The van der Waals surface area contributed by atoms with E-state index in [2.05, 4.69) is 30.9 Å². The van der Waals surface area contributed by atoms with E-state index in [1.54, 1.807) is 22.9 Å². The zero-order valence-corrected chi connectivity index (χ0v) is 11.0. The highest BCUT2D eigenvalue weighted by molar-refractivity contribution is 9.10. The molecule has 0 bridgehead atoms. The molecule has 0 saturated carbocycles. The molecular formula is C9H10BrN5S. The Labute approximate surface area is 105 Å². The van der Waals surface area contributed by atoms with E-state index in [0.29, 0.717) is 22.9 Å². The van der Waals surface area contributed by atoms with E-state index in [1.165, 1.54) is 0 Å². The first-order chi connectivity index (χ1) is 7.65. The van der Waals surface area contributed by atoms with Crippen LogP contribution >= 0.6 is 27.3 Å². The van der Waals surface area contributed by atoms with E-state index < -0.39 is 0 Å². The average molecular weight is 300 g/mol. The van der Waals surface area contributed by atoms with Crippen LogP contribution in [0.2, 0.25) is 0 Å². The largest absolute Gasteiger partial charge is 0.383 e. The normalized spacial score (nSPS) is 10.4. The Kier molecular flexibility index (Phi) is 3.35. The fourth-order valence-corrected chi connectivity index (χ4v) is 2.17. The molecule has 2 rings (SSSR count). The van der Waals surface area contributed by atoms with Gasteiger partial charge in [0.15, 0.2) is 0 Å². The molecule has 0 fully saturated rings. The molecule has 0 amide bonds. The summed E-state index contributed by atoms with van der Waals surface area (Å²) in [4.78, 5) is 14.5. The molecule has 16 heavy (non-hydrogen) atoms. The number of aromatic nitrogens is 3. The minimum atomic E-state index is 0.446. The molecule has 0 aliphatic carbocycles. The van der Waals surface area contributed by atoms with Gasteiger partial charge in [-0.05, 0) is 15.9 Å². The summed E-state index contributed by atoms with van der Waals surface area (Å²) >= 11 is 4.86. The highest BCUT2D eigenvalue weighted by Crippen LogP contribution is 2.16. The molecule has 0 aliphatic heterocycles. The average Bonchev–Trinajstić information content (AvgIpc) is 2.68. The van der Waals surface area contributed by atoms with E-state index in [9.17, 15) is 0 Å². The van der Waals surface area contributed by atoms with Crippen molar-refractivity contribution in [1.29, 1.82) is 0 Å². The van der Waals surface area contributed by atoms with Crippen LogP contribution in [-0.4, -0.2) is 22.0 Å². The highest BCUT2D eigenvalue weighted by Gasteiger charge is 2.08. The Balaban J connectivity index is 2.17. The number of nitrogens with two attached hydrogens (primary N) is 1. The van der Waals surface area contributed by atoms with Crippen LogP contribution < -0.4 is 10.6 Å². The molecule has 0 radical (unpaired) electrons. The summed E-state index contributed by atoms with van der Waals surface area (Å²) in [7, 11) is 1.90. The fraction of sp³-hybridized carbons (Fsp3) is 0.222. The van der Waals surface area contributed by atoms with Crippen LogP contribution in [0.3, 0.4) is 0 Å². The molecule has 2 N–H and O–H groups in total. The van der Waals surface area contributed by atoms with Gasteiger partial charge < -0.3 is 10.6 Å². The van der Waals surface area contributed by atoms with Crippen LogP contribution in [-0.2, 0) is 6.54 Å². The summed E-state index contributed by atoms with van der Waals surface area (Å²) < 4.78 is 0.681. The van der Waals surface area contributed by atoms with E-state index in [1.807, 2.05) is 17.3 Å². The highest BCUT2D eigenvalue weighted by atomic mass is 79.9. The van der Waals surface area contributed by atoms with Gasteiger partial charge in [-0.2, -0.15) is 4.98 Å². The number of thiazole rings is 1. The van der Waals surface area contributed by atoms with E-state index in [-0.39, 0.29) is 0 Å². The van der Waals surface area contributed by atoms with Crippen LogP contribution in [0.1, 0.15) is 5.69 Å². The molecule has 0 saturated heterocycles. The van der Waals surface area contributed by atoms with Crippen LogP contribution in [0.5, 0.6) is 0 Å². The molecule has 84 valence electrons. The Hall–Kier alpha value is -1.21. The van der Waals surface area contributed by atoms with Crippen LogP contribution in [0.15, 0.2) is 21.6 Å². The predicted octanol–water partition coefficient (Wildman–Crippen LogP) is 1.91. The number of nitrogen functional groups attached to an aromatic ring is 1. The summed E-state index contributed by atoms with van der Waals surface area (Å²) in [5.74, 6) is 1.03. The number of anilines is 2. The van der Waals surface area contributed by atoms with Crippen molar-refractivity contribution in [2.75, 3.05) is 17.7 Å². The molecular weight excluding hydrogens is 290 g/mol. The van der Waals surface area contributed by atoms with Gasteiger partial charge in [0.25, 0.3) is 0 Å². The maximum absolute atomic E-state index is 5.65. The first-order valence-electron chi connectivity index (χ1n) is 4.53. The van der Waals surface area contributed by atoms with Gasteiger partial charge in [-0.25, -0.2) is 9.97 Å². The van der Waals surface area contributed by atoms with Gasteiger partial charge in [-0.3, -0.25) is 0 Å². The van der Waals surface area contributed by atoms with Gasteiger partial charge in [0.1, 0.15) is 10.4 Å². The first-order valence-corrected chi connectivity index (χ1v) is 6.27.